The highest BCUT2D eigenvalue weighted by molar-refractivity contribution is 6.12. The van der Waals surface area contributed by atoms with Crippen LogP contribution in [-0.4, -0.2) is 19.0 Å². The Morgan fingerprint density at radius 2 is 1.77 bits per heavy atom. The molecule has 7 heteroatoms. The molecule has 0 saturated carbocycles. The van der Waals surface area contributed by atoms with Crippen molar-refractivity contribution in [1.29, 1.82) is 0 Å². The lowest BCUT2D eigenvalue weighted by molar-refractivity contribution is -0.129. The lowest BCUT2D eigenvalue weighted by atomic mass is 10.1. The van der Waals surface area contributed by atoms with Crippen LogP contribution in [0.2, 0.25) is 0 Å². The van der Waals surface area contributed by atoms with Gasteiger partial charge in [0.2, 0.25) is 5.90 Å². The number of benzene rings is 3. The molecular weight excluding hydrogens is 404 g/mol. The first-order chi connectivity index (χ1) is 15.0. The van der Waals surface area contributed by atoms with E-state index in [-0.39, 0.29) is 29.6 Å². The van der Waals surface area contributed by atoms with Crippen LogP contribution in [0.5, 0.6) is 11.5 Å². The van der Waals surface area contributed by atoms with Gasteiger partial charge in [-0.3, -0.25) is 0 Å². The van der Waals surface area contributed by atoms with Crippen molar-refractivity contribution in [3.05, 3.63) is 101 Å². The fraction of sp³-hybridized carbons (Fsp3) is 0.0833. The zero-order valence-corrected chi connectivity index (χ0v) is 16.5. The van der Waals surface area contributed by atoms with Crippen molar-refractivity contribution >= 4 is 17.9 Å². The number of nitrogens with zero attached hydrogens (tertiary/aromatic N) is 1. The second-order valence-corrected chi connectivity index (χ2v) is 6.64. The van der Waals surface area contributed by atoms with Crippen molar-refractivity contribution in [2.75, 3.05) is 7.11 Å². The molecule has 156 valence electrons. The van der Waals surface area contributed by atoms with E-state index >= 15 is 0 Å². The monoisotopic (exact) mass is 421 g/mol. The predicted molar refractivity (Wildman–Crippen MR) is 111 cm³/mol. The molecule has 31 heavy (non-hydrogen) atoms. The van der Waals surface area contributed by atoms with Gasteiger partial charge in [0.15, 0.2) is 17.2 Å². The summed E-state index contributed by atoms with van der Waals surface area (Å²) in [6, 6.07) is 17.0. The van der Waals surface area contributed by atoms with Crippen LogP contribution < -0.4 is 9.47 Å². The summed E-state index contributed by atoms with van der Waals surface area (Å²) in [6.07, 6.45) is 1.52. The molecule has 0 bridgehead atoms. The average Bonchev–Trinajstić information content (AvgIpc) is 3.14. The molecule has 5 nitrogen and oxygen atoms in total. The number of hydrogen-bond acceptors (Lipinski definition) is 5. The highest BCUT2D eigenvalue weighted by atomic mass is 19.1. The Hall–Kier alpha value is -4.00. The number of aliphatic imine (C=N–C) groups is 1. The van der Waals surface area contributed by atoms with Gasteiger partial charge in [0.25, 0.3) is 0 Å². The van der Waals surface area contributed by atoms with Gasteiger partial charge in [-0.2, -0.15) is 0 Å². The Balaban J connectivity index is 1.54. The number of methoxy groups -OCH3 is 1. The molecule has 0 amide bonds. The lowest BCUT2D eigenvalue weighted by Gasteiger charge is -2.11. The third-order valence-corrected chi connectivity index (χ3v) is 4.52. The lowest BCUT2D eigenvalue weighted by Crippen LogP contribution is -2.07. The molecule has 0 unspecified atom stereocenters. The van der Waals surface area contributed by atoms with Crippen LogP contribution in [0, 0.1) is 11.6 Å². The number of ether oxygens (including phenoxy) is 3. The highest BCUT2D eigenvalue weighted by Gasteiger charge is 2.26. The first kappa shape index (κ1) is 20.3. The molecule has 1 aliphatic rings. The first-order valence-electron chi connectivity index (χ1n) is 9.36. The molecule has 0 fully saturated rings. The van der Waals surface area contributed by atoms with E-state index in [1.54, 1.807) is 42.5 Å². The normalized spacial score (nSPS) is 14.4. The molecule has 1 aliphatic heterocycles. The van der Waals surface area contributed by atoms with Gasteiger partial charge in [-0.05, 0) is 53.6 Å². The molecule has 4 rings (SSSR count). The Morgan fingerprint density at radius 3 is 2.52 bits per heavy atom. The van der Waals surface area contributed by atoms with E-state index in [0.717, 1.165) is 5.56 Å². The topological polar surface area (TPSA) is 57.1 Å². The molecule has 3 aromatic rings. The summed E-state index contributed by atoms with van der Waals surface area (Å²) in [5.74, 6) is -0.668. The fourth-order valence-electron chi connectivity index (χ4n) is 2.95. The Labute approximate surface area is 177 Å². The summed E-state index contributed by atoms with van der Waals surface area (Å²) in [6.45, 7) is 0.236. The summed E-state index contributed by atoms with van der Waals surface area (Å²) >= 11 is 0. The molecule has 0 atom stereocenters. The molecule has 0 radical (unpaired) electrons. The van der Waals surface area contributed by atoms with Crippen LogP contribution >= 0.6 is 0 Å². The van der Waals surface area contributed by atoms with Gasteiger partial charge in [-0.1, -0.05) is 30.3 Å². The first-order valence-corrected chi connectivity index (χ1v) is 9.36. The molecule has 0 aliphatic carbocycles. The maximum absolute atomic E-state index is 13.9. The van der Waals surface area contributed by atoms with E-state index in [0.29, 0.717) is 17.1 Å². The van der Waals surface area contributed by atoms with Crippen molar-refractivity contribution in [1.82, 2.24) is 0 Å². The summed E-state index contributed by atoms with van der Waals surface area (Å²) in [5, 5.41) is 0. The van der Waals surface area contributed by atoms with Crippen LogP contribution in [-0.2, 0) is 16.1 Å². The number of esters is 1. The molecular formula is C24H17F2NO4. The minimum absolute atomic E-state index is 0.0419. The molecule has 3 aromatic carbocycles. The predicted octanol–water partition coefficient (Wildman–Crippen LogP) is 4.90. The van der Waals surface area contributed by atoms with Gasteiger partial charge in [0.05, 0.1) is 12.7 Å². The highest BCUT2D eigenvalue weighted by Crippen LogP contribution is 2.30. The Morgan fingerprint density at radius 1 is 1.00 bits per heavy atom. The molecule has 0 aromatic heterocycles. The zero-order chi connectivity index (χ0) is 21.8. The largest absolute Gasteiger partial charge is 0.493 e. The Kier molecular flexibility index (Phi) is 5.75. The molecule has 0 saturated heterocycles. The molecule has 0 spiro atoms. The maximum atomic E-state index is 13.9. The van der Waals surface area contributed by atoms with Gasteiger partial charge in [-0.15, -0.1) is 0 Å². The van der Waals surface area contributed by atoms with Gasteiger partial charge in [0.1, 0.15) is 18.2 Å². The van der Waals surface area contributed by atoms with E-state index in [9.17, 15) is 13.6 Å². The minimum Gasteiger partial charge on any atom is -0.493 e. The minimum atomic E-state index is -0.672. The second kappa shape index (κ2) is 8.79. The van der Waals surface area contributed by atoms with Gasteiger partial charge < -0.3 is 14.2 Å². The standard InChI is InChI=1S/C24H17F2NO4/c1-29-22-13-16(8-11-21(22)30-14-15-6-9-17(25)10-7-15)12-20-24(28)31-23(27-20)18-4-2-3-5-19(18)26/h2-13H,14H2,1H3/b20-12-. The van der Waals surface area contributed by atoms with Gasteiger partial charge >= 0.3 is 5.97 Å². The van der Waals surface area contributed by atoms with Crippen molar-refractivity contribution < 1.29 is 27.8 Å². The number of carbonyl (C=O) groups is 1. The number of hydrogen-bond donors (Lipinski definition) is 0. The fourth-order valence-corrected chi connectivity index (χ4v) is 2.95. The third-order valence-electron chi connectivity index (χ3n) is 4.52. The zero-order valence-electron chi connectivity index (χ0n) is 16.5. The van der Waals surface area contributed by atoms with Gasteiger partial charge in [0, 0.05) is 0 Å². The summed E-state index contributed by atoms with van der Waals surface area (Å²) in [5.41, 5.74) is 1.58. The van der Waals surface area contributed by atoms with Crippen LogP contribution in [0.3, 0.4) is 0 Å². The number of rotatable bonds is 6. The van der Waals surface area contributed by atoms with Crippen LogP contribution in [0.4, 0.5) is 8.78 Å². The number of halogens is 2. The van der Waals surface area contributed by atoms with E-state index in [4.69, 9.17) is 14.2 Å². The van der Waals surface area contributed by atoms with E-state index in [2.05, 4.69) is 4.99 Å². The Bertz CT molecular complexity index is 1190. The average molecular weight is 421 g/mol. The SMILES string of the molecule is COc1cc(/C=C2\N=C(c3ccccc3F)OC2=O)ccc1OCc1ccc(F)cc1. The third kappa shape index (κ3) is 4.61. The van der Waals surface area contributed by atoms with Crippen molar-refractivity contribution in [2.45, 2.75) is 6.61 Å². The van der Waals surface area contributed by atoms with E-state index in [1.807, 2.05) is 0 Å². The summed E-state index contributed by atoms with van der Waals surface area (Å²) in [7, 11) is 1.50. The van der Waals surface area contributed by atoms with Crippen LogP contribution in [0.1, 0.15) is 16.7 Å². The van der Waals surface area contributed by atoms with Crippen molar-refractivity contribution in [2.24, 2.45) is 4.99 Å². The summed E-state index contributed by atoms with van der Waals surface area (Å²) in [4.78, 5) is 16.3. The van der Waals surface area contributed by atoms with Crippen molar-refractivity contribution in [3.8, 4) is 11.5 Å². The number of cyclic esters (lactones) is 1. The number of carbonyl (C=O) groups excluding carboxylic acids is 1. The smallest absolute Gasteiger partial charge is 0.363 e. The van der Waals surface area contributed by atoms with Crippen LogP contribution in [0.15, 0.2) is 77.4 Å². The van der Waals surface area contributed by atoms with Crippen LogP contribution in [0.25, 0.3) is 6.08 Å². The van der Waals surface area contributed by atoms with Crippen molar-refractivity contribution in [3.63, 3.8) is 0 Å². The quantitative estimate of drug-likeness (QED) is 0.420. The molecule has 0 N–H and O–H groups in total. The van der Waals surface area contributed by atoms with E-state index < -0.39 is 11.8 Å². The van der Waals surface area contributed by atoms with E-state index in [1.165, 1.54) is 37.5 Å². The summed E-state index contributed by atoms with van der Waals surface area (Å²) < 4.78 is 43.2. The van der Waals surface area contributed by atoms with Gasteiger partial charge in [-0.25, -0.2) is 18.6 Å². The molecule has 1 heterocycles. The second-order valence-electron chi connectivity index (χ2n) is 6.64. The maximum Gasteiger partial charge on any atom is 0.363 e.